The van der Waals surface area contributed by atoms with Crippen LogP contribution in [-0.2, 0) is 6.42 Å². The highest BCUT2D eigenvalue weighted by molar-refractivity contribution is 7.07. The average Bonchev–Trinajstić information content (AvgIpc) is 2.95. The van der Waals surface area contributed by atoms with Crippen LogP contribution < -0.4 is 14.8 Å². The van der Waals surface area contributed by atoms with Gasteiger partial charge in [-0.2, -0.15) is 0 Å². The predicted octanol–water partition coefficient (Wildman–Crippen LogP) is 3.20. The molecule has 1 atom stereocenters. The predicted molar refractivity (Wildman–Crippen MR) is 84.3 cm³/mol. The van der Waals surface area contributed by atoms with Crippen molar-refractivity contribution < 1.29 is 9.47 Å². The van der Waals surface area contributed by atoms with Crippen LogP contribution in [0.2, 0.25) is 0 Å². The smallest absolute Gasteiger partial charge is 0.127 e. The molecule has 2 heterocycles. The normalized spacial score (nSPS) is 17.7. The van der Waals surface area contributed by atoms with Crippen molar-refractivity contribution in [2.75, 3.05) is 20.3 Å². The van der Waals surface area contributed by atoms with Crippen molar-refractivity contribution in [2.45, 2.75) is 25.3 Å². The van der Waals surface area contributed by atoms with Crippen LogP contribution in [0.1, 0.15) is 30.1 Å². The molecule has 4 nitrogen and oxygen atoms in total. The Hall–Kier alpha value is -1.59. The maximum atomic E-state index is 5.84. The average molecular weight is 304 g/mol. The van der Waals surface area contributed by atoms with E-state index in [2.05, 4.69) is 21.7 Å². The Balaban J connectivity index is 1.68. The standard InChI is InChI=1S/C16H20N2O2S/c1-19-13-4-5-14-15(3-2-8-20-16(14)9-13)17-7-6-12-10-21-11-18-12/h4-5,9-11,15,17H,2-3,6-8H2,1H3/t15-/m0/s1. The fraction of sp³-hybridized carbons (Fsp3) is 0.438. The van der Waals surface area contributed by atoms with Crippen molar-refractivity contribution in [3.05, 3.63) is 40.3 Å². The van der Waals surface area contributed by atoms with Gasteiger partial charge in [0.15, 0.2) is 0 Å². The van der Waals surface area contributed by atoms with Crippen molar-refractivity contribution in [2.24, 2.45) is 0 Å². The summed E-state index contributed by atoms with van der Waals surface area (Å²) in [7, 11) is 1.68. The fourth-order valence-corrected chi connectivity index (χ4v) is 3.22. The zero-order valence-corrected chi connectivity index (χ0v) is 13.0. The van der Waals surface area contributed by atoms with Crippen LogP contribution >= 0.6 is 11.3 Å². The Morgan fingerprint density at radius 2 is 2.43 bits per heavy atom. The first kappa shape index (κ1) is 14.4. The molecule has 1 aliphatic heterocycles. The Labute approximate surface area is 129 Å². The number of rotatable bonds is 5. The Bertz CT molecular complexity index is 572. The molecule has 0 saturated heterocycles. The number of nitrogens with zero attached hydrogens (tertiary/aromatic N) is 1. The van der Waals surface area contributed by atoms with Crippen molar-refractivity contribution in [3.8, 4) is 11.5 Å². The molecule has 3 rings (SSSR count). The summed E-state index contributed by atoms with van der Waals surface area (Å²) in [5.74, 6) is 1.79. The lowest BCUT2D eigenvalue weighted by molar-refractivity contribution is 0.313. The van der Waals surface area contributed by atoms with Gasteiger partial charge in [0.05, 0.1) is 24.9 Å². The maximum absolute atomic E-state index is 5.84. The Morgan fingerprint density at radius 3 is 3.24 bits per heavy atom. The van der Waals surface area contributed by atoms with Gasteiger partial charge >= 0.3 is 0 Å². The van der Waals surface area contributed by atoms with Crippen molar-refractivity contribution >= 4 is 11.3 Å². The molecule has 0 spiro atoms. The fourth-order valence-electron chi connectivity index (χ4n) is 2.63. The van der Waals surface area contributed by atoms with Crippen LogP contribution in [0.5, 0.6) is 11.5 Å². The summed E-state index contributed by atoms with van der Waals surface area (Å²) in [4.78, 5) is 4.32. The molecule has 1 aromatic carbocycles. The topological polar surface area (TPSA) is 43.4 Å². The van der Waals surface area contributed by atoms with Gasteiger partial charge in [-0.15, -0.1) is 11.3 Å². The molecule has 21 heavy (non-hydrogen) atoms. The second-order valence-corrected chi connectivity index (χ2v) is 5.85. The van der Waals surface area contributed by atoms with Gasteiger partial charge in [0, 0.05) is 36.0 Å². The minimum atomic E-state index is 0.340. The third kappa shape index (κ3) is 3.54. The van der Waals surface area contributed by atoms with E-state index in [1.54, 1.807) is 18.4 Å². The third-order valence-corrected chi connectivity index (χ3v) is 4.38. The molecular weight excluding hydrogens is 284 g/mol. The van der Waals surface area contributed by atoms with Gasteiger partial charge in [0.2, 0.25) is 0 Å². The Morgan fingerprint density at radius 1 is 1.48 bits per heavy atom. The Kier molecular flexibility index (Phi) is 4.72. The second kappa shape index (κ2) is 6.91. The molecular formula is C16H20N2O2S. The number of fused-ring (bicyclic) bond motifs is 1. The summed E-state index contributed by atoms with van der Waals surface area (Å²) < 4.78 is 11.1. The number of hydrogen-bond donors (Lipinski definition) is 1. The van der Waals surface area contributed by atoms with E-state index in [1.165, 1.54) is 5.56 Å². The number of aromatic nitrogens is 1. The molecule has 112 valence electrons. The van der Waals surface area contributed by atoms with E-state index in [-0.39, 0.29) is 0 Å². The van der Waals surface area contributed by atoms with Crippen molar-refractivity contribution in [1.29, 1.82) is 0 Å². The number of hydrogen-bond acceptors (Lipinski definition) is 5. The molecule has 1 aliphatic rings. The summed E-state index contributed by atoms with van der Waals surface area (Å²) in [5.41, 5.74) is 4.27. The molecule has 0 radical (unpaired) electrons. The van der Waals surface area contributed by atoms with Crippen LogP contribution in [0.3, 0.4) is 0 Å². The first-order valence-corrected chi connectivity index (χ1v) is 8.22. The first-order valence-electron chi connectivity index (χ1n) is 7.28. The molecule has 0 saturated carbocycles. The molecule has 0 bridgehead atoms. The van der Waals surface area contributed by atoms with Crippen LogP contribution in [0.15, 0.2) is 29.1 Å². The SMILES string of the molecule is COc1ccc2c(c1)OCCC[C@@H]2NCCc1cscn1. The monoisotopic (exact) mass is 304 g/mol. The van der Waals surface area contributed by atoms with Crippen LogP contribution in [0, 0.1) is 0 Å². The minimum Gasteiger partial charge on any atom is -0.497 e. The molecule has 1 aromatic heterocycles. The molecule has 0 fully saturated rings. The highest BCUT2D eigenvalue weighted by Crippen LogP contribution is 2.34. The van der Waals surface area contributed by atoms with E-state index >= 15 is 0 Å². The van der Waals surface area contributed by atoms with E-state index in [9.17, 15) is 0 Å². The van der Waals surface area contributed by atoms with Crippen LogP contribution in [-0.4, -0.2) is 25.2 Å². The largest absolute Gasteiger partial charge is 0.497 e. The lowest BCUT2D eigenvalue weighted by atomic mass is 10.0. The van der Waals surface area contributed by atoms with E-state index in [0.717, 1.165) is 49.6 Å². The summed E-state index contributed by atoms with van der Waals surface area (Å²) in [5, 5.41) is 5.75. The van der Waals surface area contributed by atoms with E-state index in [0.29, 0.717) is 6.04 Å². The zero-order valence-electron chi connectivity index (χ0n) is 12.2. The van der Waals surface area contributed by atoms with Gasteiger partial charge in [0.1, 0.15) is 11.5 Å². The molecule has 0 amide bonds. The number of thiazole rings is 1. The molecule has 5 heteroatoms. The van der Waals surface area contributed by atoms with Crippen molar-refractivity contribution in [1.82, 2.24) is 10.3 Å². The van der Waals surface area contributed by atoms with E-state index in [1.807, 2.05) is 17.6 Å². The third-order valence-electron chi connectivity index (χ3n) is 3.75. The lowest BCUT2D eigenvalue weighted by Gasteiger charge is -2.18. The minimum absolute atomic E-state index is 0.340. The van der Waals surface area contributed by atoms with Crippen molar-refractivity contribution in [3.63, 3.8) is 0 Å². The summed E-state index contributed by atoms with van der Waals surface area (Å²) in [6, 6.07) is 6.44. The number of nitrogens with one attached hydrogen (secondary N) is 1. The van der Waals surface area contributed by atoms with E-state index < -0.39 is 0 Å². The van der Waals surface area contributed by atoms with Gasteiger partial charge in [-0.25, -0.2) is 4.98 Å². The second-order valence-electron chi connectivity index (χ2n) is 5.13. The molecule has 1 N–H and O–H groups in total. The number of methoxy groups -OCH3 is 1. The quantitative estimate of drug-likeness (QED) is 0.921. The molecule has 0 unspecified atom stereocenters. The van der Waals surface area contributed by atoms with Gasteiger partial charge < -0.3 is 14.8 Å². The van der Waals surface area contributed by atoms with Gasteiger partial charge in [-0.1, -0.05) is 6.07 Å². The number of benzene rings is 1. The number of ether oxygens (including phenoxy) is 2. The molecule has 0 aliphatic carbocycles. The molecule has 2 aromatic rings. The van der Waals surface area contributed by atoms with Gasteiger partial charge in [-0.05, 0) is 18.9 Å². The maximum Gasteiger partial charge on any atom is 0.127 e. The van der Waals surface area contributed by atoms with Crippen LogP contribution in [0.25, 0.3) is 0 Å². The summed E-state index contributed by atoms with van der Waals surface area (Å²) in [6.45, 7) is 1.70. The van der Waals surface area contributed by atoms with Gasteiger partial charge in [-0.3, -0.25) is 0 Å². The summed E-state index contributed by atoms with van der Waals surface area (Å²) in [6.07, 6.45) is 3.12. The van der Waals surface area contributed by atoms with Gasteiger partial charge in [0.25, 0.3) is 0 Å². The zero-order chi connectivity index (χ0) is 14.5. The first-order chi connectivity index (χ1) is 10.4. The highest BCUT2D eigenvalue weighted by atomic mass is 32.1. The lowest BCUT2D eigenvalue weighted by Crippen LogP contribution is -2.23. The summed E-state index contributed by atoms with van der Waals surface area (Å²) >= 11 is 1.65. The highest BCUT2D eigenvalue weighted by Gasteiger charge is 2.19. The van der Waals surface area contributed by atoms with E-state index in [4.69, 9.17) is 9.47 Å². The van der Waals surface area contributed by atoms with Crippen LogP contribution in [0.4, 0.5) is 0 Å².